The van der Waals surface area contributed by atoms with Crippen molar-refractivity contribution in [1.29, 1.82) is 0 Å². The van der Waals surface area contributed by atoms with E-state index in [2.05, 4.69) is 24.2 Å². The van der Waals surface area contributed by atoms with Crippen molar-refractivity contribution in [2.75, 3.05) is 5.75 Å². The maximum Gasteiger partial charge on any atom is 0.157 e. The molecule has 2 rings (SSSR count). The van der Waals surface area contributed by atoms with Gasteiger partial charge in [-0.15, -0.1) is 0 Å². The summed E-state index contributed by atoms with van der Waals surface area (Å²) in [4.78, 5) is 4.63. The zero-order valence-corrected chi connectivity index (χ0v) is 12.6. The van der Waals surface area contributed by atoms with Crippen LogP contribution in [0, 0.1) is 5.82 Å². The molecule has 1 aromatic carbocycles. The summed E-state index contributed by atoms with van der Waals surface area (Å²) in [5.74, 6) is 0.864. The molecule has 1 N–H and O–H groups in total. The molecule has 104 valence electrons. The third-order valence-electron chi connectivity index (χ3n) is 3.88. The SMILES string of the molecule is CCC1(CC)CSC(=NC(C)c2ccccc2F)N1. The Labute approximate surface area is 118 Å². The van der Waals surface area contributed by atoms with Crippen LogP contribution in [0.5, 0.6) is 0 Å². The highest BCUT2D eigenvalue weighted by Crippen LogP contribution is 2.31. The van der Waals surface area contributed by atoms with Gasteiger partial charge in [0.05, 0.1) is 6.04 Å². The van der Waals surface area contributed by atoms with Crippen LogP contribution >= 0.6 is 11.8 Å². The van der Waals surface area contributed by atoms with Crippen molar-refractivity contribution in [2.24, 2.45) is 4.99 Å². The Kier molecular flexibility index (Phi) is 4.50. The number of hydrogen-bond acceptors (Lipinski definition) is 2. The molecule has 1 saturated heterocycles. The number of hydrogen-bond donors (Lipinski definition) is 1. The molecule has 0 radical (unpaired) electrons. The number of halogens is 1. The van der Waals surface area contributed by atoms with E-state index >= 15 is 0 Å². The zero-order valence-electron chi connectivity index (χ0n) is 11.7. The number of amidine groups is 1. The second kappa shape index (κ2) is 5.95. The minimum Gasteiger partial charge on any atom is -0.359 e. The lowest BCUT2D eigenvalue weighted by Crippen LogP contribution is -2.42. The van der Waals surface area contributed by atoms with Gasteiger partial charge in [0.1, 0.15) is 5.82 Å². The predicted octanol–water partition coefficient (Wildman–Crippen LogP) is 4.14. The lowest BCUT2D eigenvalue weighted by molar-refractivity contribution is 0.407. The fourth-order valence-electron chi connectivity index (χ4n) is 2.27. The van der Waals surface area contributed by atoms with Crippen LogP contribution in [0.25, 0.3) is 0 Å². The zero-order chi connectivity index (χ0) is 13.9. The molecule has 1 unspecified atom stereocenters. The number of rotatable bonds is 4. The Morgan fingerprint density at radius 1 is 1.37 bits per heavy atom. The Balaban J connectivity index is 2.13. The van der Waals surface area contributed by atoms with Gasteiger partial charge in [-0.1, -0.05) is 43.8 Å². The maximum atomic E-state index is 13.7. The van der Waals surface area contributed by atoms with E-state index in [0.29, 0.717) is 5.56 Å². The Morgan fingerprint density at radius 2 is 2.05 bits per heavy atom. The van der Waals surface area contributed by atoms with Gasteiger partial charge in [0, 0.05) is 16.9 Å². The first-order chi connectivity index (χ1) is 9.10. The molecule has 0 amide bonds. The summed E-state index contributed by atoms with van der Waals surface area (Å²) in [7, 11) is 0. The van der Waals surface area contributed by atoms with E-state index in [0.717, 1.165) is 23.8 Å². The third kappa shape index (κ3) is 3.11. The van der Waals surface area contributed by atoms with Gasteiger partial charge in [-0.25, -0.2) is 4.39 Å². The van der Waals surface area contributed by atoms with Gasteiger partial charge in [0.15, 0.2) is 5.17 Å². The van der Waals surface area contributed by atoms with E-state index in [1.165, 1.54) is 6.07 Å². The maximum absolute atomic E-state index is 13.7. The first kappa shape index (κ1) is 14.4. The summed E-state index contributed by atoms with van der Waals surface area (Å²) in [6.45, 7) is 6.33. The van der Waals surface area contributed by atoms with Crippen LogP contribution in [-0.2, 0) is 0 Å². The molecule has 0 spiro atoms. The molecule has 1 aromatic rings. The molecular formula is C15H21FN2S. The molecule has 1 fully saturated rings. The topological polar surface area (TPSA) is 24.4 Å². The smallest absolute Gasteiger partial charge is 0.157 e. The van der Waals surface area contributed by atoms with E-state index < -0.39 is 0 Å². The molecule has 1 aliphatic rings. The average Bonchev–Trinajstić information content (AvgIpc) is 2.83. The van der Waals surface area contributed by atoms with Gasteiger partial charge >= 0.3 is 0 Å². The van der Waals surface area contributed by atoms with Crippen molar-refractivity contribution in [3.8, 4) is 0 Å². The van der Waals surface area contributed by atoms with Crippen molar-refractivity contribution < 1.29 is 4.39 Å². The number of nitrogens with zero attached hydrogens (tertiary/aromatic N) is 1. The van der Waals surface area contributed by atoms with Crippen molar-refractivity contribution in [2.45, 2.75) is 45.2 Å². The van der Waals surface area contributed by atoms with Crippen molar-refractivity contribution in [1.82, 2.24) is 5.32 Å². The van der Waals surface area contributed by atoms with Crippen molar-refractivity contribution in [3.05, 3.63) is 35.6 Å². The number of thioether (sulfide) groups is 1. The fraction of sp³-hybridized carbons (Fsp3) is 0.533. The molecule has 4 heteroatoms. The third-order valence-corrected chi connectivity index (χ3v) is 5.05. The van der Waals surface area contributed by atoms with Crippen LogP contribution in [0.4, 0.5) is 4.39 Å². The predicted molar refractivity (Wildman–Crippen MR) is 81.2 cm³/mol. The summed E-state index contributed by atoms with van der Waals surface area (Å²) in [5, 5.41) is 4.46. The minimum atomic E-state index is -0.181. The molecule has 0 aliphatic carbocycles. The van der Waals surface area contributed by atoms with Gasteiger partial charge in [0.2, 0.25) is 0 Å². The summed E-state index contributed by atoms with van der Waals surface area (Å²) in [5.41, 5.74) is 0.821. The Morgan fingerprint density at radius 3 is 2.63 bits per heavy atom. The van der Waals surface area contributed by atoms with Crippen LogP contribution in [-0.4, -0.2) is 16.5 Å². The van der Waals surface area contributed by atoms with E-state index in [-0.39, 0.29) is 17.4 Å². The average molecular weight is 280 g/mol. The van der Waals surface area contributed by atoms with E-state index in [1.54, 1.807) is 23.9 Å². The molecule has 0 aromatic heterocycles. The molecule has 1 aliphatic heterocycles. The van der Waals surface area contributed by atoms with Crippen LogP contribution < -0.4 is 5.32 Å². The quantitative estimate of drug-likeness (QED) is 0.896. The monoisotopic (exact) mass is 280 g/mol. The molecule has 0 bridgehead atoms. The second-order valence-electron chi connectivity index (χ2n) is 5.03. The molecule has 2 nitrogen and oxygen atoms in total. The summed E-state index contributed by atoms with van der Waals surface area (Å²) >= 11 is 1.74. The summed E-state index contributed by atoms with van der Waals surface area (Å²) < 4.78 is 13.7. The molecule has 1 heterocycles. The van der Waals surface area contributed by atoms with Gasteiger partial charge in [-0.3, -0.25) is 4.99 Å². The normalized spacial score (nSPS) is 21.4. The highest BCUT2D eigenvalue weighted by Gasteiger charge is 2.34. The van der Waals surface area contributed by atoms with E-state index in [1.807, 2.05) is 13.0 Å². The Hall–Kier alpha value is -1.03. The van der Waals surface area contributed by atoms with Crippen LogP contribution in [0.2, 0.25) is 0 Å². The molecule has 1 atom stereocenters. The van der Waals surface area contributed by atoms with Gasteiger partial charge in [-0.2, -0.15) is 0 Å². The molecule has 19 heavy (non-hydrogen) atoms. The largest absolute Gasteiger partial charge is 0.359 e. The molecule has 0 saturated carbocycles. The highest BCUT2D eigenvalue weighted by atomic mass is 32.2. The van der Waals surface area contributed by atoms with E-state index in [4.69, 9.17) is 0 Å². The standard InChI is InChI=1S/C15H21FN2S/c1-4-15(5-2)10-19-14(18-15)17-11(3)12-8-6-7-9-13(12)16/h6-9,11H,4-5,10H2,1-3H3,(H,17,18). The van der Waals surface area contributed by atoms with Crippen molar-refractivity contribution >= 4 is 16.9 Å². The fourth-order valence-corrected chi connectivity index (χ4v) is 3.68. The second-order valence-corrected chi connectivity index (χ2v) is 6.00. The molecular weight excluding hydrogens is 259 g/mol. The van der Waals surface area contributed by atoms with Crippen LogP contribution in [0.1, 0.15) is 45.2 Å². The first-order valence-electron chi connectivity index (χ1n) is 6.83. The van der Waals surface area contributed by atoms with Crippen LogP contribution in [0.3, 0.4) is 0 Å². The summed E-state index contributed by atoms with van der Waals surface area (Å²) in [6, 6.07) is 6.70. The minimum absolute atomic E-state index is 0.152. The Bertz CT molecular complexity index is 469. The number of aliphatic imine (C=N–C) groups is 1. The highest BCUT2D eigenvalue weighted by molar-refractivity contribution is 8.14. The number of nitrogens with one attached hydrogen (secondary N) is 1. The van der Waals surface area contributed by atoms with Gasteiger partial charge < -0.3 is 5.32 Å². The van der Waals surface area contributed by atoms with Gasteiger partial charge in [0.25, 0.3) is 0 Å². The lowest BCUT2D eigenvalue weighted by Gasteiger charge is -2.25. The summed E-state index contributed by atoms with van der Waals surface area (Å²) in [6.07, 6.45) is 2.17. The lowest BCUT2D eigenvalue weighted by atomic mass is 9.96. The first-order valence-corrected chi connectivity index (χ1v) is 7.82. The number of benzene rings is 1. The van der Waals surface area contributed by atoms with Crippen molar-refractivity contribution in [3.63, 3.8) is 0 Å². The van der Waals surface area contributed by atoms with Crippen LogP contribution in [0.15, 0.2) is 29.3 Å². The van der Waals surface area contributed by atoms with Gasteiger partial charge in [-0.05, 0) is 25.8 Å². The van der Waals surface area contributed by atoms with E-state index in [9.17, 15) is 4.39 Å².